The first-order chi connectivity index (χ1) is 7.65. The van der Waals surface area contributed by atoms with E-state index in [1.54, 1.807) is 0 Å². The summed E-state index contributed by atoms with van der Waals surface area (Å²) in [5, 5.41) is 3.13. The van der Waals surface area contributed by atoms with Crippen LogP contribution in [0.25, 0.3) is 0 Å². The van der Waals surface area contributed by atoms with Crippen LogP contribution in [0, 0.1) is 0 Å². The molecule has 0 bridgehead atoms. The topological polar surface area (TPSA) is 53.6 Å². The molecule has 0 aromatic heterocycles. The van der Waals surface area contributed by atoms with Gasteiger partial charge in [-0.1, -0.05) is 13.3 Å². The van der Waals surface area contributed by atoms with Gasteiger partial charge in [-0.25, -0.2) is 0 Å². The molecule has 1 aliphatic rings. The molecule has 0 aromatic carbocycles. The van der Waals surface area contributed by atoms with E-state index in [1.165, 1.54) is 19.3 Å². The van der Waals surface area contributed by atoms with Gasteiger partial charge in [0.15, 0.2) is 5.96 Å². The van der Waals surface area contributed by atoms with E-state index in [1.807, 2.05) is 0 Å². The van der Waals surface area contributed by atoms with Gasteiger partial charge < -0.3 is 11.1 Å². The van der Waals surface area contributed by atoms with Crippen LogP contribution in [0.2, 0.25) is 0 Å². The molecule has 0 radical (unpaired) electrons. The summed E-state index contributed by atoms with van der Waals surface area (Å²) in [6.45, 7) is 6.10. The average molecular weight is 354 g/mol. The third-order valence-electron chi connectivity index (χ3n) is 3.18. The van der Waals surface area contributed by atoms with Gasteiger partial charge in [-0.3, -0.25) is 9.89 Å². The maximum Gasteiger partial charge on any atom is 0.188 e. The van der Waals surface area contributed by atoms with E-state index >= 15 is 0 Å². The van der Waals surface area contributed by atoms with Crippen molar-refractivity contribution in [3.63, 3.8) is 0 Å². The van der Waals surface area contributed by atoms with E-state index in [2.05, 4.69) is 36.1 Å². The summed E-state index contributed by atoms with van der Waals surface area (Å²) >= 11 is 0. The largest absolute Gasteiger partial charge is 0.370 e. The highest BCUT2D eigenvalue weighted by Crippen LogP contribution is 2.26. The zero-order chi connectivity index (χ0) is 12.0. The number of hydrogen-bond acceptors (Lipinski definition) is 2. The second-order valence-electron chi connectivity index (χ2n) is 4.75. The van der Waals surface area contributed by atoms with Gasteiger partial charge in [-0.15, -0.1) is 24.0 Å². The molecule has 17 heavy (non-hydrogen) atoms. The van der Waals surface area contributed by atoms with Crippen molar-refractivity contribution in [3.05, 3.63) is 0 Å². The minimum absolute atomic E-state index is 0. The van der Waals surface area contributed by atoms with Crippen molar-refractivity contribution in [2.75, 3.05) is 20.1 Å². The molecule has 102 valence electrons. The fraction of sp³-hybridized carbons (Fsp3) is 0.917. The molecule has 1 fully saturated rings. The van der Waals surface area contributed by atoms with E-state index < -0.39 is 0 Å². The summed E-state index contributed by atoms with van der Waals surface area (Å²) in [6, 6.07) is 1.28. The average Bonchev–Trinajstić information content (AvgIpc) is 3.09. The Labute approximate surface area is 122 Å². The lowest BCUT2D eigenvalue weighted by Gasteiger charge is -2.22. The van der Waals surface area contributed by atoms with Crippen LogP contribution in [0.3, 0.4) is 0 Å². The van der Waals surface area contributed by atoms with Crippen LogP contribution in [0.4, 0.5) is 0 Å². The van der Waals surface area contributed by atoms with E-state index in [-0.39, 0.29) is 24.0 Å². The van der Waals surface area contributed by atoms with Crippen molar-refractivity contribution in [3.8, 4) is 0 Å². The van der Waals surface area contributed by atoms with Gasteiger partial charge in [0.1, 0.15) is 0 Å². The number of aliphatic imine (C=N–C) groups is 1. The Morgan fingerprint density at radius 1 is 1.53 bits per heavy atom. The standard InChI is InChI=1S/C12H26N4.HI/c1-4-5-8-14-12(13)15-9-10(2)16(3)11-6-7-11;/h10-11H,4-9H2,1-3H3,(H3,13,14,15);1H. The summed E-state index contributed by atoms with van der Waals surface area (Å²) in [4.78, 5) is 6.77. The lowest BCUT2D eigenvalue weighted by molar-refractivity contribution is 0.253. The van der Waals surface area contributed by atoms with E-state index in [0.717, 1.165) is 25.6 Å². The third-order valence-corrected chi connectivity index (χ3v) is 3.18. The number of likely N-dealkylation sites (N-methyl/N-ethyl adjacent to an activating group) is 1. The minimum atomic E-state index is 0. The van der Waals surface area contributed by atoms with Crippen LogP contribution in [0.1, 0.15) is 39.5 Å². The lowest BCUT2D eigenvalue weighted by atomic mass is 10.3. The van der Waals surface area contributed by atoms with Crippen LogP contribution < -0.4 is 11.1 Å². The SMILES string of the molecule is CCCCNC(N)=NCC(C)N(C)C1CC1.I. The fourth-order valence-electron chi connectivity index (χ4n) is 1.65. The Bertz CT molecular complexity index is 229. The maximum atomic E-state index is 5.78. The highest BCUT2D eigenvalue weighted by molar-refractivity contribution is 14.0. The minimum Gasteiger partial charge on any atom is -0.370 e. The lowest BCUT2D eigenvalue weighted by Crippen LogP contribution is -2.36. The molecule has 0 saturated heterocycles. The highest BCUT2D eigenvalue weighted by atomic mass is 127. The van der Waals surface area contributed by atoms with Gasteiger partial charge in [0.25, 0.3) is 0 Å². The highest BCUT2D eigenvalue weighted by Gasteiger charge is 2.28. The van der Waals surface area contributed by atoms with Crippen LogP contribution >= 0.6 is 24.0 Å². The normalized spacial score (nSPS) is 17.8. The Morgan fingerprint density at radius 3 is 2.71 bits per heavy atom. The number of halogens is 1. The van der Waals surface area contributed by atoms with Crippen molar-refractivity contribution < 1.29 is 0 Å². The Hall–Kier alpha value is -0.0400. The predicted octanol–water partition coefficient (Wildman–Crippen LogP) is 1.79. The second kappa shape index (κ2) is 8.97. The van der Waals surface area contributed by atoms with Crippen molar-refractivity contribution >= 4 is 29.9 Å². The second-order valence-corrected chi connectivity index (χ2v) is 4.75. The Kier molecular flexibility index (Phi) is 8.94. The molecule has 1 rings (SSSR count). The van der Waals surface area contributed by atoms with Crippen molar-refractivity contribution in [2.24, 2.45) is 10.7 Å². The molecule has 1 aliphatic carbocycles. The summed E-state index contributed by atoms with van der Waals surface area (Å²) in [5.74, 6) is 0.587. The molecule has 0 spiro atoms. The first kappa shape index (κ1) is 17.0. The van der Waals surface area contributed by atoms with Crippen molar-refractivity contribution in [1.29, 1.82) is 0 Å². The molecule has 4 nitrogen and oxygen atoms in total. The molecule has 1 atom stereocenters. The van der Waals surface area contributed by atoms with Gasteiger partial charge in [0.2, 0.25) is 0 Å². The monoisotopic (exact) mass is 354 g/mol. The van der Waals surface area contributed by atoms with Gasteiger partial charge >= 0.3 is 0 Å². The number of hydrogen-bond donors (Lipinski definition) is 2. The van der Waals surface area contributed by atoms with Crippen molar-refractivity contribution in [2.45, 2.75) is 51.6 Å². The maximum absolute atomic E-state index is 5.78. The number of rotatable bonds is 7. The van der Waals surface area contributed by atoms with Gasteiger partial charge in [-0.05, 0) is 33.2 Å². The summed E-state index contributed by atoms with van der Waals surface area (Å²) < 4.78 is 0. The number of nitrogens with two attached hydrogens (primary N) is 1. The van der Waals surface area contributed by atoms with E-state index in [4.69, 9.17) is 5.73 Å². The summed E-state index contributed by atoms with van der Waals surface area (Å²) in [6.07, 6.45) is 5.01. The smallest absolute Gasteiger partial charge is 0.188 e. The first-order valence-electron chi connectivity index (χ1n) is 6.40. The van der Waals surface area contributed by atoms with Gasteiger partial charge in [-0.2, -0.15) is 0 Å². The molecule has 0 heterocycles. The van der Waals surface area contributed by atoms with Crippen LogP contribution in [-0.4, -0.2) is 43.1 Å². The van der Waals surface area contributed by atoms with E-state index in [9.17, 15) is 0 Å². The van der Waals surface area contributed by atoms with Crippen molar-refractivity contribution in [1.82, 2.24) is 10.2 Å². The van der Waals surface area contributed by atoms with Gasteiger partial charge in [0, 0.05) is 18.6 Å². The number of nitrogens with zero attached hydrogens (tertiary/aromatic N) is 2. The molecule has 3 N–H and O–H groups in total. The molecule has 1 unspecified atom stereocenters. The molecule has 1 saturated carbocycles. The zero-order valence-corrected chi connectivity index (χ0v) is 13.6. The molecule has 0 aromatic rings. The quantitative estimate of drug-likeness (QED) is 0.317. The third kappa shape index (κ3) is 7.08. The van der Waals surface area contributed by atoms with Crippen LogP contribution in [-0.2, 0) is 0 Å². The van der Waals surface area contributed by atoms with Crippen LogP contribution in [0.5, 0.6) is 0 Å². The summed E-state index contributed by atoms with van der Waals surface area (Å²) in [7, 11) is 2.18. The molecular formula is C12H27IN4. The number of nitrogens with one attached hydrogen (secondary N) is 1. The van der Waals surface area contributed by atoms with Gasteiger partial charge in [0.05, 0.1) is 6.54 Å². The first-order valence-corrected chi connectivity index (χ1v) is 6.40. The number of unbranched alkanes of at least 4 members (excludes halogenated alkanes) is 1. The predicted molar refractivity (Wildman–Crippen MR) is 85.1 cm³/mol. The molecule has 0 amide bonds. The molecule has 0 aliphatic heterocycles. The Morgan fingerprint density at radius 2 is 2.18 bits per heavy atom. The molecular weight excluding hydrogens is 327 g/mol. The zero-order valence-electron chi connectivity index (χ0n) is 11.3. The fourth-order valence-corrected chi connectivity index (χ4v) is 1.65. The van der Waals surface area contributed by atoms with E-state index in [0.29, 0.717) is 12.0 Å². The Balaban J connectivity index is 0.00000256. The molecule has 5 heteroatoms. The number of guanidine groups is 1. The summed E-state index contributed by atoms with van der Waals surface area (Å²) in [5.41, 5.74) is 5.78. The van der Waals surface area contributed by atoms with Crippen LogP contribution in [0.15, 0.2) is 4.99 Å².